The molecule has 2 aromatic carbocycles. The second kappa shape index (κ2) is 8.85. The van der Waals surface area contributed by atoms with Gasteiger partial charge in [-0.05, 0) is 56.3 Å². The van der Waals surface area contributed by atoms with Gasteiger partial charge in [-0.2, -0.15) is 0 Å². The third-order valence-electron chi connectivity index (χ3n) is 5.18. The molecule has 0 unspecified atom stereocenters. The first-order valence-corrected chi connectivity index (χ1v) is 12.9. The Morgan fingerprint density at radius 1 is 0.824 bits per heavy atom. The van der Waals surface area contributed by atoms with E-state index in [0.717, 1.165) is 39.4 Å². The molecule has 0 amide bonds. The Bertz CT molecular complexity index is 1580. The van der Waals surface area contributed by atoms with Crippen LogP contribution in [-0.4, -0.2) is 23.4 Å². The van der Waals surface area contributed by atoms with E-state index < -0.39 is 10.0 Å². The molecular formula is C25H21N5O2S2. The number of hydrogen-bond donors (Lipinski definition) is 2. The van der Waals surface area contributed by atoms with Gasteiger partial charge in [0, 0.05) is 33.4 Å². The highest BCUT2D eigenvalue weighted by Crippen LogP contribution is 2.28. The largest absolute Gasteiger partial charge is 0.355 e. The van der Waals surface area contributed by atoms with Crippen LogP contribution in [0.1, 0.15) is 11.4 Å². The monoisotopic (exact) mass is 487 g/mol. The lowest BCUT2D eigenvalue weighted by atomic mass is 10.2. The first-order valence-electron chi connectivity index (χ1n) is 10.5. The van der Waals surface area contributed by atoms with Gasteiger partial charge in [0.15, 0.2) is 10.8 Å². The lowest BCUT2D eigenvalue weighted by Gasteiger charge is -2.12. The number of thiazole rings is 1. The summed E-state index contributed by atoms with van der Waals surface area (Å²) in [5, 5.41) is 6.40. The van der Waals surface area contributed by atoms with Gasteiger partial charge in [-0.25, -0.2) is 23.4 Å². The van der Waals surface area contributed by atoms with Gasteiger partial charge in [0.1, 0.15) is 0 Å². The van der Waals surface area contributed by atoms with Crippen LogP contribution >= 0.6 is 11.3 Å². The van der Waals surface area contributed by atoms with E-state index in [4.69, 9.17) is 0 Å². The van der Waals surface area contributed by atoms with Crippen molar-refractivity contribution in [1.82, 2.24) is 15.0 Å². The van der Waals surface area contributed by atoms with Crippen molar-refractivity contribution in [3.05, 3.63) is 89.6 Å². The number of hydrogen-bond acceptors (Lipinski definition) is 7. The third-order valence-corrected chi connectivity index (χ3v) is 7.42. The summed E-state index contributed by atoms with van der Waals surface area (Å²) >= 11 is 1.25. The summed E-state index contributed by atoms with van der Waals surface area (Å²) in [4.78, 5) is 13.6. The SMILES string of the molecule is Cc1ccc2c(Nc3ccc(S(=O)(=O)Nc4nc(-c5ccccc5)cs4)cc3)cc(C)nc2n1. The molecule has 170 valence electrons. The molecule has 0 spiro atoms. The van der Waals surface area contributed by atoms with Crippen molar-refractivity contribution < 1.29 is 8.42 Å². The maximum Gasteiger partial charge on any atom is 0.263 e. The van der Waals surface area contributed by atoms with Gasteiger partial charge in [-0.1, -0.05) is 30.3 Å². The average molecular weight is 488 g/mol. The summed E-state index contributed by atoms with van der Waals surface area (Å²) in [5.41, 5.74) is 5.69. The third kappa shape index (κ3) is 4.61. The minimum Gasteiger partial charge on any atom is -0.355 e. The lowest BCUT2D eigenvalue weighted by Crippen LogP contribution is -2.12. The number of benzene rings is 2. The van der Waals surface area contributed by atoms with E-state index >= 15 is 0 Å². The van der Waals surface area contributed by atoms with Crippen molar-refractivity contribution in [2.24, 2.45) is 0 Å². The Morgan fingerprint density at radius 3 is 2.32 bits per heavy atom. The Kier molecular flexibility index (Phi) is 5.72. The van der Waals surface area contributed by atoms with Crippen LogP contribution in [0.5, 0.6) is 0 Å². The summed E-state index contributed by atoms with van der Waals surface area (Å²) in [7, 11) is -3.77. The van der Waals surface area contributed by atoms with Gasteiger partial charge in [0.2, 0.25) is 0 Å². The van der Waals surface area contributed by atoms with Crippen molar-refractivity contribution in [2.75, 3.05) is 10.0 Å². The number of nitrogens with one attached hydrogen (secondary N) is 2. The van der Waals surface area contributed by atoms with E-state index in [1.54, 1.807) is 24.3 Å². The number of pyridine rings is 2. The quantitative estimate of drug-likeness (QED) is 0.309. The number of fused-ring (bicyclic) bond motifs is 1. The molecule has 0 atom stereocenters. The molecule has 0 aliphatic heterocycles. The van der Waals surface area contributed by atoms with Gasteiger partial charge in [0.05, 0.1) is 16.3 Å². The van der Waals surface area contributed by atoms with E-state index in [9.17, 15) is 8.42 Å². The second-order valence-corrected chi connectivity index (χ2v) is 10.3. The molecule has 0 saturated heterocycles. The summed E-state index contributed by atoms with van der Waals surface area (Å²) in [6, 6.07) is 22.1. The highest BCUT2D eigenvalue weighted by molar-refractivity contribution is 7.93. The zero-order valence-corrected chi connectivity index (χ0v) is 20.1. The van der Waals surface area contributed by atoms with E-state index in [2.05, 4.69) is 25.0 Å². The van der Waals surface area contributed by atoms with Crippen molar-refractivity contribution in [3.8, 4) is 11.3 Å². The molecule has 7 nitrogen and oxygen atoms in total. The maximum atomic E-state index is 12.9. The minimum absolute atomic E-state index is 0.155. The number of nitrogens with zero attached hydrogens (tertiary/aromatic N) is 3. The van der Waals surface area contributed by atoms with Gasteiger partial charge >= 0.3 is 0 Å². The molecule has 0 radical (unpaired) electrons. The summed E-state index contributed by atoms with van der Waals surface area (Å²) in [5.74, 6) is 0. The Hall–Kier alpha value is -3.82. The van der Waals surface area contributed by atoms with Crippen molar-refractivity contribution in [2.45, 2.75) is 18.7 Å². The van der Waals surface area contributed by atoms with Gasteiger partial charge in [-0.15, -0.1) is 11.3 Å². The number of aryl methyl sites for hydroxylation is 2. The van der Waals surface area contributed by atoms with E-state index in [-0.39, 0.29) is 4.90 Å². The van der Waals surface area contributed by atoms with Crippen LogP contribution in [0, 0.1) is 13.8 Å². The fraction of sp³-hybridized carbons (Fsp3) is 0.0800. The van der Waals surface area contributed by atoms with Crippen LogP contribution in [0.4, 0.5) is 16.5 Å². The van der Waals surface area contributed by atoms with Gasteiger partial charge in [-0.3, -0.25) is 4.72 Å². The Morgan fingerprint density at radius 2 is 1.56 bits per heavy atom. The molecule has 5 aromatic rings. The van der Waals surface area contributed by atoms with Crippen LogP contribution in [0.15, 0.2) is 83.1 Å². The highest BCUT2D eigenvalue weighted by atomic mass is 32.2. The summed E-state index contributed by atoms with van der Waals surface area (Å²) in [6.45, 7) is 3.84. The molecule has 3 heterocycles. The topological polar surface area (TPSA) is 96.9 Å². The molecule has 0 aliphatic carbocycles. The number of anilines is 3. The minimum atomic E-state index is -3.77. The zero-order chi connectivity index (χ0) is 23.7. The van der Waals surface area contributed by atoms with Crippen LogP contribution < -0.4 is 10.0 Å². The van der Waals surface area contributed by atoms with Crippen molar-refractivity contribution in [3.63, 3.8) is 0 Å². The Balaban J connectivity index is 1.35. The molecular weight excluding hydrogens is 466 g/mol. The van der Waals surface area contributed by atoms with E-state index in [0.29, 0.717) is 10.8 Å². The lowest BCUT2D eigenvalue weighted by molar-refractivity contribution is 0.601. The fourth-order valence-electron chi connectivity index (χ4n) is 3.54. The maximum absolute atomic E-state index is 12.9. The van der Waals surface area contributed by atoms with Crippen LogP contribution in [0.3, 0.4) is 0 Å². The first-order chi connectivity index (χ1) is 16.4. The molecule has 0 fully saturated rings. The molecule has 34 heavy (non-hydrogen) atoms. The molecule has 0 saturated carbocycles. The van der Waals surface area contributed by atoms with Crippen molar-refractivity contribution in [1.29, 1.82) is 0 Å². The first kappa shape index (κ1) is 22.0. The van der Waals surface area contributed by atoms with Crippen LogP contribution in [0.2, 0.25) is 0 Å². The van der Waals surface area contributed by atoms with E-state index in [1.807, 2.05) is 67.8 Å². The normalized spacial score (nSPS) is 11.5. The predicted molar refractivity (Wildman–Crippen MR) is 137 cm³/mol. The fourth-order valence-corrected chi connectivity index (χ4v) is 5.51. The number of sulfonamides is 1. The standard InChI is InChI=1S/C25H21N5O2S2/c1-16-8-13-21-22(14-17(2)27-24(21)26-16)28-19-9-11-20(12-10-19)34(31,32)30-25-29-23(15-33-25)18-6-4-3-5-7-18/h3-15H,1-2H3,(H,29,30)(H,26,27,28). The summed E-state index contributed by atoms with van der Waals surface area (Å²) in [6.07, 6.45) is 0. The number of aromatic nitrogens is 3. The molecule has 0 bridgehead atoms. The Labute approximate surface area is 201 Å². The molecule has 3 aromatic heterocycles. The molecule has 9 heteroatoms. The smallest absolute Gasteiger partial charge is 0.263 e. The highest BCUT2D eigenvalue weighted by Gasteiger charge is 2.17. The van der Waals surface area contributed by atoms with Crippen LogP contribution in [0.25, 0.3) is 22.3 Å². The zero-order valence-electron chi connectivity index (χ0n) is 18.5. The van der Waals surface area contributed by atoms with Gasteiger partial charge in [0.25, 0.3) is 10.0 Å². The van der Waals surface area contributed by atoms with Crippen LogP contribution in [-0.2, 0) is 10.0 Å². The molecule has 5 rings (SSSR count). The predicted octanol–water partition coefficient (Wildman–Crippen LogP) is 5.91. The number of rotatable bonds is 6. The van der Waals surface area contributed by atoms with E-state index in [1.165, 1.54) is 11.3 Å². The van der Waals surface area contributed by atoms with Crippen molar-refractivity contribution >= 4 is 48.9 Å². The molecule has 0 aliphatic rings. The average Bonchev–Trinajstić information content (AvgIpc) is 3.27. The summed E-state index contributed by atoms with van der Waals surface area (Å²) < 4.78 is 28.3. The second-order valence-electron chi connectivity index (χ2n) is 7.79. The van der Waals surface area contributed by atoms with Gasteiger partial charge < -0.3 is 5.32 Å². The molecule has 2 N–H and O–H groups in total.